The lowest BCUT2D eigenvalue weighted by Gasteiger charge is -2.17. The smallest absolute Gasteiger partial charge is 0.387 e. The number of hydrogen-bond acceptors (Lipinski definition) is 5. The Kier molecular flexibility index (Phi) is 8.58. The molecule has 5 nitrogen and oxygen atoms in total. The minimum absolute atomic E-state index is 0.121. The van der Waals surface area contributed by atoms with E-state index in [1.54, 1.807) is 12.1 Å². The molecule has 0 bridgehead atoms. The molecule has 0 saturated carbocycles. The molecule has 1 aromatic heterocycles. The van der Waals surface area contributed by atoms with E-state index in [0.29, 0.717) is 35.6 Å². The van der Waals surface area contributed by atoms with Crippen LogP contribution in [-0.4, -0.2) is 47.6 Å². The minimum Gasteiger partial charge on any atom is -0.436 e. The van der Waals surface area contributed by atoms with Gasteiger partial charge in [-0.05, 0) is 117 Å². The summed E-state index contributed by atoms with van der Waals surface area (Å²) in [6.07, 6.45) is 4.55. The highest BCUT2D eigenvalue weighted by Gasteiger charge is 2.21. The van der Waals surface area contributed by atoms with Crippen molar-refractivity contribution >= 4 is 11.1 Å². The molecule has 4 aromatic carbocycles. The number of likely N-dealkylation sites (tertiary alicyclic amines) is 2. The van der Waals surface area contributed by atoms with Gasteiger partial charge in [0.15, 0.2) is 5.58 Å². The van der Waals surface area contributed by atoms with Crippen LogP contribution in [0.4, 0.5) is 13.2 Å². The lowest BCUT2D eigenvalue weighted by molar-refractivity contribution is -0.0506. The van der Waals surface area contributed by atoms with E-state index >= 15 is 4.39 Å². The van der Waals surface area contributed by atoms with Gasteiger partial charge < -0.3 is 9.15 Å². The Labute approximate surface area is 267 Å². The van der Waals surface area contributed by atoms with Crippen molar-refractivity contribution in [3.05, 3.63) is 94.8 Å². The summed E-state index contributed by atoms with van der Waals surface area (Å²) in [5, 5.41) is 0. The van der Waals surface area contributed by atoms with Crippen LogP contribution in [0.1, 0.15) is 47.9 Å². The standard InChI is InChI=1S/C38H38F3N3O2/c1-24-29(26-13-14-27(33(39)19-26)22-43-15-3-4-16-43)9-7-10-30(24)31-11-8-12-32(25(31)2)37-42-34-20-28(23-44-17-5-6-18-44)35(46-38(40)41)21-36(34)45-37/h7-14,19-21,38H,3-6,15-18,22-23H2,1-2H3. The molecular weight excluding hydrogens is 587 g/mol. The van der Waals surface area contributed by atoms with Crippen LogP contribution < -0.4 is 4.74 Å². The van der Waals surface area contributed by atoms with Crippen LogP contribution in [0.25, 0.3) is 44.8 Å². The van der Waals surface area contributed by atoms with Crippen molar-refractivity contribution in [1.29, 1.82) is 0 Å². The number of rotatable bonds is 9. The first-order valence-electron chi connectivity index (χ1n) is 16.2. The second-order valence-electron chi connectivity index (χ2n) is 12.6. The predicted octanol–water partition coefficient (Wildman–Crippen LogP) is 9.38. The zero-order valence-corrected chi connectivity index (χ0v) is 26.3. The molecule has 238 valence electrons. The summed E-state index contributed by atoms with van der Waals surface area (Å²) in [7, 11) is 0. The van der Waals surface area contributed by atoms with E-state index in [1.165, 1.54) is 18.9 Å². The van der Waals surface area contributed by atoms with E-state index in [-0.39, 0.29) is 11.6 Å². The minimum atomic E-state index is -2.93. The normalized spacial score (nSPS) is 15.9. The van der Waals surface area contributed by atoms with Crippen molar-refractivity contribution in [1.82, 2.24) is 14.8 Å². The molecular formula is C38H38F3N3O2. The highest BCUT2D eigenvalue weighted by Crippen LogP contribution is 2.39. The molecule has 0 aliphatic carbocycles. The van der Waals surface area contributed by atoms with Gasteiger partial charge in [-0.25, -0.2) is 9.37 Å². The van der Waals surface area contributed by atoms with Gasteiger partial charge in [0.25, 0.3) is 0 Å². The van der Waals surface area contributed by atoms with Crippen LogP contribution in [0.15, 0.2) is 71.1 Å². The second-order valence-corrected chi connectivity index (χ2v) is 12.6. The Bertz CT molecular complexity index is 1870. The summed E-state index contributed by atoms with van der Waals surface area (Å²) in [4.78, 5) is 9.35. The Morgan fingerprint density at radius 2 is 1.33 bits per heavy atom. The molecule has 2 saturated heterocycles. The molecule has 0 amide bonds. The highest BCUT2D eigenvalue weighted by atomic mass is 19.3. The van der Waals surface area contributed by atoms with Crippen molar-refractivity contribution < 1.29 is 22.3 Å². The van der Waals surface area contributed by atoms with Gasteiger partial charge in [-0.3, -0.25) is 9.80 Å². The number of halogens is 3. The number of alkyl halides is 2. The van der Waals surface area contributed by atoms with Crippen LogP contribution in [0, 0.1) is 19.7 Å². The van der Waals surface area contributed by atoms with E-state index in [1.807, 2.05) is 43.3 Å². The molecule has 8 heteroatoms. The van der Waals surface area contributed by atoms with Crippen LogP contribution in [0.5, 0.6) is 5.75 Å². The third kappa shape index (κ3) is 6.16. The fraction of sp³-hybridized carbons (Fsp3) is 0.342. The van der Waals surface area contributed by atoms with Gasteiger partial charge in [-0.1, -0.05) is 42.5 Å². The number of fused-ring (bicyclic) bond motifs is 1. The van der Waals surface area contributed by atoms with E-state index in [2.05, 4.69) is 28.9 Å². The van der Waals surface area contributed by atoms with Crippen molar-refractivity contribution in [3.8, 4) is 39.5 Å². The summed E-state index contributed by atoms with van der Waals surface area (Å²) < 4.78 is 53.0. The molecule has 7 rings (SSSR count). The zero-order chi connectivity index (χ0) is 31.8. The molecule has 2 aliphatic rings. The Hall–Kier alpha value is -4.14. The summed E-state index contributed by atoms with van der Waals surface area (Å²) in [5.41, 5.74) is 9.12. The van der Waals surface area contributed by atoms with Gasteiger partial charge in [0.05, 0.1) is 0 Å². The molecule has 0 atom stereocenters. The van der Waals surface area contributed by atoms with E-state index in [9.17, 15) is 8.78 Å². The first-order chi connectivity index (χ1) is 22.3. The Morgan fingerprint density at radius 1 is 0.739 bits per heavy atom. The van der Waals surface area contributed by atoms with Gasteiger partial charge in [-0.2, -0.15) is 8.78 Å². The van der Waals surface area contributed by atoms with Gasteiger partial charge in [0.2, 0.25) is 5.89 Å². The van der Waals surface area contributed by atoms with Gasteiger partial charge >= 0.3 is 6.61 Å². The maximum atomic E-state index is 15.3. The fourth-order valence-electron chi connectivity index (χ4n) is 7.05. The average molecular weight is 626 g/mol. The predicted molar refractivity (Wildman–Crippen MR) is 175 cm³/mol. The average Bonchev–Trinajstić information content (AvgIpc) is 3.82. The highest BCUT2D eigenvalue weighted by molar-refractivity contribution is 5.84. The maximum absolute atomic E-state index is 15.3. The summed E-state index contributed by atoms with van der Waals surface area (Å²) in [6.45, 7) is 6.25. The number of benzene rings is 4. The topological polar surface area (TPSA) is 41.7 Å². The fourth-order valence-corrected chi connectivity index (χ4v) is 7.05. The van der Waals surface area contributed by atoms with Crippen molar-refractivity contribution in [3.63, 3.8) is 0 Å². The van der Waals surface area contributed by atoms with Crippen LogP contribution in [0.3, 0.4) is 0 Å². The number of aromatic nitrogens is 1. The zero-order valence-electron chi connectivity index (χ0n) is 26.3. The van der Waals surface area contributed by atoms with E-state index < -0.39 is 6.61 Å². The van der Waals surface area contributed by atoms with Crippen LogP contribution in [-0.2, 0) is 13.1 Å². The molecule has 0 spiro atoms. The van der Waals surface area contributed by atoms with Gasteiger partial charge in [0, 0.05) is 35.8 Å². The molecule has 2 fully saturated rings. The Morgan fingerprint density at radius 3 is 1.96 bits per heavy atom. The SMILES string of the molecule is Cc1c(-c2ccc(CN3CCCC3)c(F)c2)cccc1-c1cccc(-c2nc3cc(CN4CCCC4)c(OC(F)F)cc3o2)c1C. The maximum Gasteiger partial charge on any atom is 0.387 e. The summed E-state index contributed by atoms with van der Waals surface area (Å²) in [5.74, 6) is 0.365. The molecule has 3 heterocycles. The first kappa shape index (κ1) is 30.5. The van der Waals surface area contributed by atoms with Gasteiger partial charge in [-0.15, -0.1) is 0 Å². The largest absolute Gasteiger partial charge is 0.436 e. The van der Waals surface area contributed by atoms with E-state index in [4.69, 9.17) is 14.1 Å². The number of ether oxygens (including phenoxy) is 1. The molecule has 0 N–H and O–H groups in total. The number of oxazole rings is 1. The van der Waals surface area contributed by atoms with Crippen molar-refractivity contribution in [2.45, 2.75) is 59.2 Å². The lowest BCUT2D eigenvalue weighted by Crippen LogP contribution is -2.19. The third-order valence-electron chi connectivity index (χ3n) is 9.52. The lowest BCUT2D eigenvalue weighted by atomic mass is 9.89. The monoisotopic (exact) mass is 625 g/mol. The van der Waals surface area contributed by atoms with Crippen molar-refractivity contribution in [2.24, 2.45) is 0 Å². The van der Waals surface area contributed by atoms with Crippen LogP contribution in [0.2, 0.25) is 0 Å². The van der Waals surface area contributed by atoms with Gasteiger partial charge in [0.1, 0.15) is 17.1 Å². The molecule has 0 unspecified atom stereocenters. The Balaban J connectivity index is 1.21. The van der Waals surface area contributed by atoms with Crippen molar-refractivity contribution in [2.75, 3.05) is 26.2 Å². The molecule has 2 aliphatic heterocycles. The third-order valence-corrected chi connectivity index (χ3v) is 9.52. The number of nitrogens with zero attached hydrogens (tertiary/aromatic N) is 3. The van der Waals surface area contributed by atoms with Crippen LogP contribution >= 0.6 is 0 Å². The first-order valence-corrected chi connectivity index (χ1v) is 16.2. The second kappa shape index (κ2) is 12.9. The summed E-state index contributed by atoms with van der Waals surface area (Å²) in [6, 6.07) is 21.0. The van der Waals surface area contributed by atoms with E-state index in [0.717, 1.165) is 83.5 Å². The molecule has 0 radical (unpaired) electrons. The molecule has 5 aromatic rings. The summed E-state index contributed by atoms with van der Waals surface area (Å²) >= 11 is 0. The molecule has 46 heavy (non-hydrogen) atoms. The number of hydrogen-bond donors (Lipinski definition) is 0. The quantitative estimate of drug-likeness (QED) is 0.163.